The molecule has 0 fully saturated rings. The van der Waals surface area contributed by atoms with Crippen LogP contribution in [0.5, 0.6) is 0 Å². The molecule has 1 aromatic rings. The van der Waals surface area contributed by atoms with Gasteiger partial charge in [-0.15, -0.1) is 0 Å². The first kappa shape index (κ1) is 16.9. The fourth-order valence-corrected chi connectivity index (χ4v) is 3.18. The fourth-order valence-electron chi connectivity index (χ4n) is 2.47. The van der Waals surface area contributed by atoms with E-state index in [4.69, 9.17) is 4.55 Å². The Hall–Kier alpha value is -1.20. The average Bonchev–Trinajstić information content (AvgIpc) is 2.25. The fraction of sp³-hybridized carbons (Fsp3) is 0.533. The maximum atomic E-state index is 12.2. The zero-order valence-electron chi connectivity index (χ0n) is 12.4. The molecule has 0 saturated heterocycles. The van der Waals surface area contributed by atoms with Gasteiger partial charge in [-0.05, 0) is 23.8 Å². The minimum atomic E-state index is -4.37. The summed E-state index contributed by atoms with van der Waals surface area (Å²) in [7, 11) is -4.37. The van der Waals surface area contributed by atoms with Gasteiger partial charge in [0.25, 0.3) is 10.1 Å². The zero-order valence-corrected chi connectivity index (χ0v) is 13.2. The van der Waals surface area contributed by atoms with Gasteiger partial charge >= 0.3 is 0 Å². The molecule has 0 saturated carbocycles. The number of carbonyl (C=O) groups is 1. The quantitative estimate of drug-likeness (QED) is 0.666. The molecule has 0 spiro atoms. The van der Waals surface area contributed by atoms with Crippen LogP contribution in [0.2, 0.25) is 0 Å². The van der Waals surface area contributed by atoms with Crippen LogP contribution in [0.3, 0.4) is 0 Å². The van der Waals surface area contributed by atoms with E-state index in [1.165, 1.54) is 18.2 Å². The SMILES string of the molecule is CC(CC(=O)c1ccccc1S(=O)(=O)O)CC(C)(C)C. The molecule has 0 bridgehead atoms. The van der Waals surface area contributed by atoms with Crippen molar-refractivity contribution in [3.05, 3.63) is 29.8 Å². The van der Waals surface area contributed by atoms with E-state index in [0.717, 1.165) is 6.42 Å². The summed E-state index contributed by atoms with van der Waals surface area (Å²) in [6.07, 6.45) is 1.14. The van der Waals surface area contributed by atoms with Gasteiger partial charge in [0.1, 0.15) is 4.90 Å². The topological polar surface area (TPSA) is 71.4 Å². The predicted octanol–water partition coefficient (Wildman–Crippen LogP) is 3.58. The molecule has 0 aliphatic rings. The lowest BCUT2D eigenvalue weighted by Gasteiger charge is -2.22. The first-order valence-electron chi connectivity index (χ1n) is 6.60. The van der Waals surface area contributed by atoms with E-state index in [1.807, 2.05) is 6.92 Å². The lowest BCUT2D eigenvalue weighted by atomic mass is 9.83. The Labute approximate surface area is 121 Å². The summed E-state index contributed by atoms with van der Waals surface area (Å²) < 4.78 is 31.7. The third kappa shape index (κ3) is 5.06. The number of carbonyl (C=O) groups excluding carboxylic acids is 1. The molecule has 1 rings (SSSR count). The van der Waals surface area contributed by atoms with Crippen molar-refractivity contribution in [2.24, 2.45) is 11.3 Å². The number of Topliss-reactive ketones (excluding diaryl/α,β-unsaturated/α-hetero) is 1. The Morgan fingerprint density at radius 3 is 2.30 bits per heavy atom. The summed E-state index contributed by atoms with van der Waals surface area (Å²) in [5, 5.41) is 0. The molecule has 4 nitrogen and oxygen atoms in total. The van der Waals surface area contributed by atoms with E-state index in [0.29, 0.717) is 0 Å². The summed E-state index contributed by atoms with van der Waals surface area (Å²) >= 11 is 0. The molecular formula is C15H22O4S. The van der Waals surface area contributed by atoms with Crippen molar-refractivity contribution in [3.63, 3.8) is 0 Å². The van der Waals surface area contributed by atoms with Crippen LogP contribution >= 0.6 is 0 Å². The van der Waals surface area contributed by atoms with E-state index in [9.17, 15) is 13.2 Å². The van der Waals surface area contributed by atoms with Crippen molar-refractivity contribution in [2.45, 2.75) is 45.4 Å². The molecule has 20 heavy (non-hydrogen) atoms. The molecule has 0 aromatic heterocycles. The number of hydrogen-bond acceptors (Lipinski definition) is 3. The summed E-state index contributed by atoms with van der Waals surface area (Å²) in [6, 6.07) is 5.76. The molecular weight excluding hydrogens is 276 g/mol. The normalized spacial score (nSPS) is 14.1. The summed E-state index contributed by atoms with van der Waals surface area (Å²) in [5.41, 5.74) is 0.179. The molecule has 112 valence electrons. The first-order valence-corrected chi connectivity index (χ1v) is 8.04. The summed E-state index contributed by atoms with van der Waals surface area (Å²) in [6.45, 7) is 8.26. The second-order valence-corrected chi connectivity index (χ2v) is 7.86. The van der Waals surface area contributed by atoms with Gasteiger partial charge in [-0.25, -0.2) is 0 Å². The van der Waals surface area contributed by atoms with Crippen molar-refractivity contribution in [2.75, 3.05) is 0 Å². The molecule has 0 radical (unpaired) electrons. The molecule has 1 aromatic carbocycles. The standard InChI is InChI=1S/C15H22O4S/c1-11(10-15(2,3)4)9-13(16)12-7-5-6-8-14(12)20(17,18)19/h5-8,11H,9-10H2,1-4H3,(H,17,18,19). The highest BCUT2D eigenvalue weighted by molar-refractivity contribution is 7.86. The van der Waals surface area contributed by atoms with Gasteiger partial charge < -0.3 is 0 Å². The van der Waals surface area contributed by atoms with Gasteiger partial charge in [-0.2, -0.15) is 8.42 Å². The summed E-state index contributed by atoms with van der Waals surface area (Å²) in [5.74, 6) is -0.105. The van der Waals surface area contributed by atoms with E-state index in [1.54, 1.807) is 6.07 Å². The highest BCUT2D eigenvalue weighted by Crippen LogP contribution is 2.27. The maximum absolute atomic E-state index is 12.2. The average molecular weight is 298 g/mol. The molecule has 5 heteroatoms. The second-order valence-electron chi connectivity index (χ2n) is 6.47. The molecule has 1 unspecified atom stereocenters. The van der Waals surface area contributed by atoms with Gasteiger partial charge in [0.2, 0.25) is 0 Å². The lowest BCUT2D eigenvalue weighted by Crippen LogP contribution is -2.16. The number of hydrogen-bond donors (Lipinski definition) is 1. The van der Waals surface area contributed by atoms with Gasteiger partial charge in [-0.3, -0.25) is 9.35 Å². The van der Waals surface area contributed by atoms with Crippen LogP contribution in [0.25, 0.3) is 0 Å². The highest BCUT2D eigenvalue weighted by atomic mass is 32.2. The molecule has 0 amide bonds. The molecule has 1 atom stereocenters. The maximum Gasteiger partial charge on any atom is 0.295 e. The van der Waals surface area contributed by atoms with Crippen molar-refractivity contribution in [1.29, 1.82) is 0 Å². The second kappa shape index (κ2) is 6.06. The Morgan fingerprint density at radius 2 is 1.80 bits per heavy atom. The minimum absolute atomic E-state index is 0.0655. The van der Waals surface area contributed by atoms with Crippen molar-refractivity contribution >= 4 is 15.9 Å². The number of rotatable bonds is 5. The first-order chi connectivity index (χ1) is 9.00. The third-order valence-electron chi connectivity index (χ3n) is 2.96. The van der Waals surface area contributed by atoms with Gasteiger partial charge in [0.15, 0.2) is 5.78 Å². The third-order valence-corrected chi connectivity index (χ3v) is 3.87. The van der Waals surface area contributed by atoms with Crippen LogP contribution in [-0.4, -0.2) is 18.8 Å². The Bertz CT molecular complexity index is 582. The lowest BCUT2D eigenvalue weighted by molar-refractivity contribution is 0.0950. The van der Waals surface area contributed by atoms with E-state index in [-0.39, 0.29) is 34.0 Å². The van der Waals surface area contributed by atoms with Gasteiger partial charge in [0, 0.05) is 12.0 Å². The molecule has 1 N–H and O–H groups in total. The highest BCUT2D eigenvalue weighted by Gasteiger charge is 2.23. The Kier molecular flexibility index (Phi) is 5.10. The van der Waals surface area contributed by atoms with Crippen LogP contribution < -0.4 is 0 Å². The molecule has 0 aliphatic carbocycles. The monoisotopic (exact) mass is 298 g/mol. The molecule has 0 aliphatic heterocycles. The summed E-state index contributed by atoms with van der Waals surface area (Å²) in [4.78, 5) is 11.9. The Balaban J connectivity index is 2.95. The van der Waals surface area contributed by atoms with Crippen molar-refractivity contribution in [3.8, 4) is 0 Å². The van der Waals surface area contributed by atoms with Crippen molar-refractivity contribution < 1.29 is 17.8 Å². The molecule has 0 heterocycles. The zero-order chi connectivity index (χ0) is 15.6. The van der Waals surface area contributed by atoms with Crippen LogP contribution in [-0.2, 0) is 10.1 Å². The van der Waals surface area contributed by atoms with Crippen molar-refractivity contribution in [1.82, 2.24) is 0 Å². The van der Waals surface area contributed by atoms with Crippen LogP contribution in [0.4, 0.5) is 0 Å². The number of benzene rings is 1. The van der Waals surface area contributed by atoms with Gasteiger partial charge in [-0.1, -0.05) is 45.9 Å². The Morgan fingerprint density at radius 1 is 1.25 bits per heavy atom. The van der Waals surface area contributed by atoms with E-state index >= 15 is 0 Å². The van der Waals surface area contributed by atoms with Crippen LogP contribution in [0, 0.1) is 11.3 Å². The van der Waals surface area contributed by atoms with E-state index in [2.05, 4.69) is 20.8 Å². The van der Waals surface area contributed by atoms with Crippen LogP contribution in [0.1, 0.15) is 50.9 Å². The predicted molar refractivity (Wildman–Crippen MR) is 78.4 cm³/mol. The smallest absolute Gasteiger partial charge is 0.294 e. The van der Waals surface area contributed by atoms with Crippen LogP contribution in [0.15, 0.2) is 29.2 Å². The largest absolute Gasteiger partial charge is 0.295 e. The van der Waals surface area contributed by atoms with E-state index < -0.39 is 10.1 Å². The van der Waals surface area contributed by atoms with Gasteiger partial charge in [0.05, 0.1) is 0 Å². The minimum Gasteiger partial charge on any atom is -0.294 e. The number of ketones is 1.